The first-order valence-corrected chi connectivity index (χ1v) is 15.6. The third-order valence-electron chi connectivity index (χ3n) is 10.1. The van der Waals surface area contributed by atoms with E-state index < -0.39 is 23.3 Å². The second kappa shape index (κ2) is 10.7. The minimum atomic E-state index is -0.917. The first-order chi connectivity index (χ1) is 21.9. The SMILES string of the molecule is C#Cc1c(F)ccc2cccc(-c3nc4c5c(nc(OC[C@@]67CCCN6C[C@H](F)C7)nc5c3F)N([C@@H]3CCC[C@H]3N)CCO4)c12. The molecule has 2 aromatic heterocycles. The van der Waals surface area contributed by atoms with Gasteiger partial charge in [-0.3, -0.25) is 4.90 Å². The molecule has 1 aliphatic carbocycles. The number of hydrogen-bond donors (Lipinski definition) is 1. The summed E-state index contributed by atoms with van der Waals surface area (Å²) in [6.45, 7) is 2.11. The number of hydrogen-bond acceptors (Lipinski definition) is 8. The van der Waals surface area contributed by atoms with Crippen LogP contribution in [0.4, 0.5) is 19.0 Å². The van der Waals surface area contributed by atoms with Crippen molar-refractivity contribution in [2.45, 2.75) is 62.3 Å². The molecule has 232 valence electrons. The molecule has 1 saturated carbocycles. The van der Waals surface area contributed by atoms with Gasteiger partial charge in [0.25, 0.3) is 0 Å². The lowest BCUT2D eigenvalue weighted by Crippen LogP contribution is -2.46. The number of pyridine rings is 1. The van der Waals surface area contributed by atoms with E-state index in [0.29, 0.717) is 47.1 Å². The Bertz CT molecular complexity index is 1880. The number of rotatable bonds is 5. The number of aromatic nitrogens is 3. The number of nitrogens with zero attached hydrogens (tertiary/aromatic N) is 5. The molecule has 5 heterocycles. The zero-order valence-electron chi connectivity index (χ0n) is 24.7. The summed E-state index contributed by atoms with van der Waals surface area (Å²) in [6.07, 6.45) is 9.66. The largest absolute Gasteiger partial charge is 0.475 e. The van der Waals surface area contributed by atoms with Crippen LogP contribution in [0.15, 0.2) is 30.3 Å². The Morgan fingerprint density at radius 1 is 1.09 bits per heavy atom. The minimum absolute atomic E-state index is 0.00483. The Morgan fingerprint density at radius 3 is 2.80 bits per heavy atom. The van der Waals surface area contributed by atoms with Crippen LogP contribution in [-0.4, -0.2) is 76.5 Å². The van der Waals surface area contributed by atoms with Gasteiger partial charge in [0.1, 0.15) is 47.6 Å². The molecule has 11 heteroatoms. The number of benzene rings is 2. The monoisotopic (exact) mass is 614 g/mol. The van der Waals surface area contributed by atoms with Gasteiger partial charge in [0, 0.05) is 36.0 Å². The summed E-state index contributed by atoms with van der Waals surface area (Å²) in [4.78, 5) is 18.3. The number of nitrogens with two attached hydrogens (primary N) is 1. The third-order valence-corrected chi connectivity index (χ3v) is 10.1. The van der Waals surface area contributed by atoms with Crippen molar-refractivity contribution in [2.24, 2.45) is 5.73 Å². The summed E-state index contributed by atoms with van der Waals surface area (Å²) in [6, 6.07) is 7.98. The normalized spacial score (nSPS) is 26.2. The van der Waals surface area contributed by atoms with E-state index in [9.17, 15) is 8.78 Å². The van der Waals surface area contributed by atoms with Crippen LogP contribution in [0.1, 0.15) is 44.1 Å². The zero-order chi connectivity index (χ0) is 30.9. The average molecular weight is 615 g/mol. The predicted octanol–water partition coefficient (Wildman–Crippen LogP) is 5.14. The van der Waals surface area contributed by atoms with Gasteiger partial charge >= 0.3 is 6.01 Å². The molecule has 8 nitrogen and oxygen atoms in total. The Labute approximate surface area is 258 Å². The first kappa shape index (κ1) is 28.3. The highest BCUT2D eigenvalue weighted by Crippen LogP contribution is 2.44. The van der Waals surface area contributed by atoms with Crippen LogP contribution in [0, 0.1) is 24.0 Å². The molecule has 4 aromatic rings. The Hall–Kier alpha value is -4.14. The van der Waals surface area contributed by atoms with Crippen molar-refractivity contribution in [3.05, 3.63) is 47.5 Å². The molecule has 2 N–H and O–H groups in total. The van der Waals surface area contributed by atoms with E-state index in [2.05, 4.69) is 25.7 Å². The molecule has 0 bridgehead atoms. The minimum Gasteiger partial charge on any atom is -0.475 e. The standard InChI is InChI=1S/C34H33F3N6O2/c1-2-21-23(36)11-10-19-6-3-7-22(26(19)21)29-28(37)30-27-31(43(14-15-44-32(27)39-29)25-9-4-8-24(25)38)41-33(40-30)45-18-34-12-5-13-42(34)17-20(35)16-34/h1,3,6-7,10-11,20,24-25H,4-5,8-9,12-18,38H2/t20-,24-,25-,34+/m1/s1. The summed E-state index contributed by atoms with van der Waals surface area (Å²) < 4.78 is 58.7. The number of fused-ring (bicyclic) bond motifs is 2. The lowest BCUT2D eigenvalue weighted by atomic mass is 9.95. The van der Waals surface area contributed by atoms with Crippen LogP contribution in [0.5, 0.6) is 11.9 Å². The van der Waals surface area contributed by atoms with Crippen molar-refractivity contribution in [2.75, 3.05) is 37.7 Å². The van der Waals surface area contributed by atoms with Crippen LogP contribution < -0.4 is 20.1 Å². The van der Waals surface area contributed by atoms with Crippen LogP contribution in [0.2, 0.25) is 0 Å². The maximum atomic E-state index is 16.9. The highest BCUT2D eigenvalue weighted by atomic mass is 19.1. The van der Waals surface area contributed by atoms with E-state index in [1.165, 1.54) is 6.07 Å². The highest BCUT2D eigenvalue weighted by Gasteiger charge is 2.49. The first-order valence-electron chi connectivity index (χ1n) is 15.6. The van der Waals surface area contributed by atoms with E-state index in [-0.39, 0.29) is 54.0 Å². The molecular formula is C34H33F3N6O2. The van der Waals surface area contributed by atoms with Crippen molar-refractivity contribution in [1.82, 2.24) is 19.9 Å². The van der Waals surface area contributed by atoms with Gasteiger partial charge in [0.05, 0.1) is 17.6 Å². The molecule has 45 heavy (non-hydrogen) atoms. The maximum Gasteiger partial charge on any atom is 0.319 e. The summed E-state index contributed by atoms with van der Waals surface area (Å²) >= 11 is 0. The molecule has 0 radical (unpaired) electrons. The molecule has 3 aliphatic heterocycles. The number of halogens is 3. The van der Waals surface area contributed by atoms with Crippen molar-refractivity contribution >= 4 is 27.5 Å². The summed E-state index contributed by atoms with van der Waals surface area (Å²) in [5.74, 6) is 1.74. The van der Waals surface area contributed by atoms with Gasteiger partial charge in [-0.05, 0) is 50.1 Å². The quantitative estimate of drug-likeness (QED) is 0.310. The van der Waals surface area contributed by atoms with E-state index >= 15 is 4.39 Å². The summed E-state index contributed by atoms with van der Waals surface area (Å²) in [7, 11) is 0. The number of ether oxygens (including phenoxy) is 2. The zero-order valence-corrected chi connectivity index (χ0v) is 24.7. The topological polar surface area (TPSA) is 89.6 Å². The smallest absolute Gasteiger partial charge is 0.319 e. The summed E-state index contributed by atoms with van der Waals surface area (Å²) in [5.41, 5.74) is 6.36. The molecule has 0 spiro atoms. The van der Waals surface area contributed by atoms with Crippen LogP contribution in [0.3, 0.4) is 0 Å². The van der Waals surface area contributed by atoms with Crippen molar-refractivity contribution in [3.8, 4) is 35.5 Å². The van der Waals surface area contributed by atoms with Crippen molar-refractivity contribution in [1.29, 1.82) is 0 Å². The molecule has 4 aliphatic rings. The Balaban J connectivity index is 1.32. The number of alkyl halides is 1. The van der Waals surface area contributed by atoms with Crippen LogP contribution in [-0.2, 0) is 0 Å². The van der Waals surface area contributed by atoms with Gasteiger partial charge in [-0.2, -0.15) is 9.97 Å². The van der Waals surface area contributed by atoms with Gasteiger partial charge in [0.2, 0.25) is 5.88 Å². The molecule has 2 aromatic carbocycles. The molecule has 2 saturated heterocycles. The van der Waals surface area contributed by atoms with Gasteiger partial charge in [0.15, 0.2) is 5.82 Å². The molecule has 8 rings (SSSR count). The van der Waals surface area contributed by atoms with Gasteiger partial charge in [-0.25, -0.2) is 18.2 Å². The van der Waals surface area contributed by atoms with Crippen molar-refractivity contribution < 1.29 is 22.6 Å². The fraction of sp³-hybridized carbons (Fsp3) is 0.441. The van der Waals surface area contributed by atoms with Gasteiger partial charge in [-0.15, -0.1) is 6.42 Å². The predicted molar refractivity (Wildman–Crippen MR) is 165 cm³/mol. The van der Waals surface area contributed by atoms with Gasteiger partial charge < -0.3 is 20.1 Å². The highest BCUT2D eigenvalue weighted by molar-refractivity contribution is 6.03. The lowest BCUT2D eigenvalue weighted by molar-refractivity contribution is 0.107. The second-order valence-corrected chi connectivity index (χ2v) is 12.7. The number of terminal acetylenes is 1. The molecule has 0 amide bonds. The molecular weight excluding hydrogens is 581 g/mol. The van der Waals surface area contributed by atoms with Crippen molar-refractivity contribution in [3.63, 3.8) is 0 Å². The van der Waals surface area contributed by atoms with Gasteiger partial charge in [-0.1, -0.05) is 30.2 Å². The Morgan fingerprint density at radius 2 is 1.98 bits per heavy atom. The second-order valence-electron chi connectivity index (χ2n) is 12.7. The van der Waals surface area contributed by atoms with Crippen LogP contribution >= 0.6 is 0 Å². The third kappa shape index (κ3) is 4.49. The van der Waals surface area contributed by atoms with E-state index in [0.717, 1.165) is 38.6 Å². The molecule has 0 unspecified atom stereocenters. The average Bonchev–Trinajstić information content (AvgIpc) is 3.68. The number of anilines is 1. The lowest BCUT2D eigenvalue weighted by Gasteiger charge is -2.33. The Kier molecular flexibility index (Phi) is 6.76. The fourth-order valence-corrected chi connectivity index (χ4v) is 8.02. The van der Waals surface area contributed by atoms with E-state index in [4.69, 9.17) is 26.6 Å². The molecule has 3 fully saturated rings. The van der Waals surface area contributed by atoms with Crippen LogP contribution in [0.25, 0.3) is 32.9 Å². The summed E-state index contributed by atoms with van der Waals surface area (Å²) in [5, 5.41) is 1.35. The molecule has 4 atom stereocenters. The van der Waals surface area contributed by atoms with E-state index in [1.54, 1.807) is 24.3 Å². The van der Waals surface area contributed by atoms with E-state index in [1.807, 2.05) is 0 Å². The maximum absolute atomic E-state index is 16.9. The fourth-order valence-electron chi connectivity index (χ4n) is 8.02.